The Morgan fingerprint density at radius 1 is 1.13 bits per heavy atom. The minimum absolute atomic E-state index is 0.131. The van der Waals surface area contributed by atoms with Crippen molar-refractivity contribution in [1.29, 1.82) is 5.26 Å². The van der Waals surface area contributed by atoms with E-state index in [1.165, 1.54) is 52.8 Å². The van der Waals surface area contributed by atoms with E-state index in [-0.39, 0.29) is 42.2 Å². The van der Waals surface area contributed by atoms with Crippen LogP contribution in [0.1, 0.15) is 18.4 Å². The largest absolute Gasteiger partial charge is 0.492 e. The van der Waals surface area contributed by atoms with Crippen LogP contribution in [0.2, 0.25) is 0 Å². The Hall–Kier alpha value is -2.96. The van der Waals surface area contributed by atoms with Crippen LogP contribution in [0, 0.1) is 23.1 Å². The number of hydrogen-bond donors (Lipinski definition) is 1. The first kappa shape index (κ1) is 21.7. The lowest BCUT2D eigenvalue weighted by atomic mass is 9.97. The normalized spacial score (nSPS) is 15.3. The monoisotopic (exact) mass is 431 g/mol. The summed E-state index contributed by atoms with van der Waals surface area (Å²) in [6, 6.07) is 13.4. The number of halogens is 1. The lowest BCUT2D eigenvalue weighted by Gasteiger charge is -2.30. The fraction of sp³-hybridized carbons (Fsp3) is 0.333. The van der Waals surface area contributed by atoms with Gasteiger partial charge in [0.15, 0.2) is 0 Å². The molecule has 1 aliphatic heterocycles. The number of rotatable bonds is 7. The van der Waals surface area contributed by atoms with Crippen LogP contribution in [0.25, 0.3) is 0 Å². The quantitative estimate of drug-likeness (QED) is 0.678. The van der Waals surface area contributed by atoms with Crippen molar-refractivity contribution in [3.8, 4) is 11.8 Å². The Morgan fingerprint density at radius 3 is 2.37 bits per heavy atom. The molecular weight excluding hydrogens is 409 g/mol. The zero-order chi connectivity index (χ0) is 21.6. The van der Waals surface area contributed by atoms with Crippen molar-refractivity contribution in [2.45, 2.75) is 17.7 Å². The molecule has 2 aromatic rings. The summed E-state index contributed by atoms with van der Waals surface area (Å²) >= 11 is 0. The molecule has 0 saturated carbocycles. The summed E-state index contributed by atoms with van der Waals surface area (Å²) in [4.78, 5) is 12.5. The number of nitriles is 1. The molecule has 1 amide bonds. The fourth-order valence-electron chi connectivity index (χ4n) is 3.23. The van der Waals surface area contributed by atoms with E-state index in [2.05, 4.69) is 5.32 Å². The third kappa shape index (κ3) is 5.34. The average Bonchev–Trinajstić information content (AvgIpc) is 2.78. The molecule has 30 heavy (non-hydrogen) atoms. The van der Waals surface area contributed by atoms with Gasteiger partial charge in [0.25, 0.3) is 0 Å². The highest BCUT2D eigenvalue weighted by Gasteiger charge is 2.31. The number of amides is 1. The first-order valence-corrected chi connectivity index (χ1v) is 11.0. The molecule has 158 valence electrons. The second kappa shape index (κ2) is 9.69. The molecule has 2 aromatic carbocycles. The number of sulfonamides is 1. The van der Waals surface area contributed by atoms with Gasteiger partial charge in [-0.2, -0.15) is 9.57 Å². The van der Waals surface area contributed by atoms with Crippen molar-refractivity contribution < 1.29 is 22.3 Å². The Labute approximate surface area is 175 Å². The van der Waals surface area contributed by atoms with Crippen molar-refractivity contribution in [3.05, 3.63) is 59.9 Å². The van der Waals surface area contributed by atoms with Crippen molar-refractivity contribution >= 4 is 15.9 Å². The molecule has 0 atom stereocenters. The molecule has 0 aromatic heterocycles. The molecule has 9 heteroatoms. The minimum atomic E-state index is -3.65. The van der Waals surface area contributed by atoms with Crippen molar-refractivity contribution in [2.75, 3.05) is 26.2 Å². The van der Waals surface area contributed by atoms with Gasteiger partial charge in [-0.25, -0.2) is 12.8 Å². The van der Waals surface area contributed by atoms with Crippen LogP contribution in [-0.2, 0) is 14.8 Å². The number of ether oxygens (including phenoxy) is 1. The van der Waals surface area contributed by atoms with Crippen LogP contribution in [0.3, 0.4) is 0 Å². The van der Waals surface area contributed by atoms with Crippen LogP contribution in [-0.4, -0.2) is 44.9 Å². The molecule has 1 heterocycles. The van der Waals surface area contributed by atoms with Gasteiger partial charge in [0, 0.05) is 19.0 Å². The highest BCUT2D eigenvalue weighted by Crippen LogP contribution is 2.24. The van der Waals surface area contributed by atoms with E-state index < -0.39 is 10.0 Å². The van der Waals surface area contributed by atoms with E-state index in [4.69, 9.17) is 10.00 Å². The summed E-state index contributed by atoms with van der Waals surface area (Å²) in [5.41, 5.74) is 0.396. The number of carbonyl (C=O) groups excluding carboxylic acids is 1. The van der Waals surface area contributed by atoms with E-state index in [0.29, 0.717) is 30.7 Å². The molecule has 3 rings (SSSR count). The maximum Gasteiger partial charge on any atom is 0.243 e. The molecule has 0 spiro atoms. The van der Waals surface area contributed by atoms with E-state index >= 15 is 0 Å². The van der Waals surface area contributed by atoms with Gasteiger partial charge in [-0.1, -0.05) is 0 Å². The molecule has 1 N–H and O–H groups in total. The number of carbonyl (C=O) groups is 1. The van der Waals surface area contributed by atoms with Gasteiger partial charge in [-0.3, -0.25) is 4.79 Å². The summed E-state index contributed by atoms with van der Waals surface area (Å²) in [7, 11) is -3.65. The van der Waals surface area contributed by atoms with Gasteiger partial charge in [-0.05, 0) is 61.4 Å². The third-order valence-corrected chi connectivity index (χ3v) is 6.84. The highest BCUT2D eigenvalue weighted by atomic mass is 32.2. The van der Waals surface area contributed by atoms with Crippen LogP contribution in [0.4, 0.5) is 4.39 Å². The predicted octanol–water partition coefficient (Wildman–Crippen LogP) is 2.29. The summed E-state index contributed by atoms with van der Waals surface area (Å²) in [5, 5.41) is 11.6. The third-order valence-electron chi connectivity index (χ3n) is 4.93. The standard InChI is InChI=1S/C21H22FN3O4S/c22-18-3-5-19(6-4-18)29-14-11-24-21(26)17-9-12-25(13-10-17)30(27,28)20-7-1-16(15-23)2-8-20/h1-8,17H,9-14H2,(H,24,26). The van der Waals surface area contributed by atoms with Crippen molar-refractivity contribution in [3.63, 3.8) is 0 Å². The van der Waals surface area contributed by atoms with E-state index in [9.17, 15) is 17.6 Å². The molecule has 1 fully saturated rings. The first-order valence-electron chi connectivity index (χ1n) is 9.56. The fourth-order valence-corrected chi connectivity index (χ4v) is 4.70. The number of nitrogens with one attached hydrogen (secondary N) is 1. The van der Waals surface area contributed by atoms with Gasteiger partial charge in [0.2, 0.25) is 15.9 Å². The van der Waals surface area contributed by atoms with Crippen LogP contribution in [0.15, 0.2) is 53.4 Å². The lowest BCUT2D eigenvalue weighted by Crippen LogP contribution is -2.43. The second-order valence-electron chi connectivity index (χ2n) is 6.91. The summed E-state index contributed by atoms with van der Waals surface area (Å²) in [5.74, 6) is -0.216. The molecule has 0 bridgehead atoms. The number of hydrogen-bond acceptors (Lipinski definition) is 5. The number of benzene rings is 2. The second-order valence-corrected chi connectivity index (χ2v) is 8.85. The minimum Gasteiger partial charge on any atom is -0.492 e. The summed E-state index contributed by atoms with van der Waals surface area (Å²) in [6.45, 7) is 1.07. The van der Waals surface area contributed by atoms with E-state index in [1.54, 1.807) is 0 Å². The van der Waals surface area contributed by atoms with Crippen LogP contribution in [0.5, 0.6) is 5.75 Å². The summed E-state index contributed by atoms with van der Waals surface area (Å²) < 4.78 is 45.1. The van der Waals surface area contributed by atoms with E-state index in [0.717, 1.165) is 0 Å². The maximum absolute atomic E-state index is 12.9. The van der Waals surface area contributed by atoms with Crippen LogP contribution >= 0.6 is 0 Å². The zero-order valence-electron chi connectivity index (χ0n) is 16.3. The smallest absolute Gasteiger partial charge is 0.243 e. The average molecular weight is 431 g/mol. The molecule has 0 radical (unpaired) electrons. The molecule has 1 aliphatic rings. The van der Waals surface area contributed by atoms with Gasteiger partial charge in [0.1, 0.15) is 18.2 Å². The van der Waals surface area contributed by atoms with Gasteiger partial charge < -0.3 is 10.1 Å². The predicted molar refractivity (Wildman–Crippen MR) is 108 cm³/mol. The number of piperidine rings is 1. The Kier molecular flexibility index (Phi) is 7.03. The topological polar surface area (TPSA) is 99.5 Å². The highest BCUT2D eigenvalue weighted by molar-refractivity contribution is 7.89. The van der Waals surface area contributed by atoms with Crippen LogP contribution < -0.4 is 10.1 Å². The molecule has 7 nitrogen and oxygen atoms in total. The van der Waals surface area contributed by atoms with Gasteiger partial charge in [0.05, 0.1) is 23.1 Å². The number of nitrogens with zero attached hydrogens (tertiary/aromatic N) is 2. The molecule has 1 saturated heterocycles. The maximum atomic E-state index is 12.9. The molecule has 0 unspecified atom stereocenters. The van der Waals surface area contributed by atoms with Crippen molar-refractivity contribution in [1.82, 2.24) is 9.62 Å². The Morgan fingerprint density at radius 2 is 1.77 bits per heavy atom. The van der Waals surface area contributed by atoms with E-state index in [1.807, 2.05) is 6.07 Å². The van der Waals surface area contributed by atoms with Gasteiger partial charge in [-0.15, -0.1) is 0 Å². The zero-order valence-corrected chi connectivity index (χ0v) is 17.1. The molecular formula is C21H22FN3O4S. The van der Waals surface area contributed by atoms with Crippen molar-refractivity contribution in [2.24, 2.45) is 5.92 Å². The Balaban J connectivity index is 1.44. The Bertz CT molecular complexity index is 1010. The first-order chi connectivity index (χ1) is 14.4. The van der Waals surface area contributed by atoms with Gasteiger partial charge >= 0.3 is 0 Å². The SMILES string of the molecule is N#Cc1ccc(S(=O)(=O)N2CCC(C(=O)NCCOc3ccc(F)cc3)CC2)cc1. The summed E-state index contributed by atoms with van der Waals surface area (Å²) in [6.07, 6.45) is 0.861. The molecule has 0 aliphatic carbocycles. The lowest BCUT2D eigenvalue weighted by molar-refractivity contribution is -0.126.